The average molecular weight is 285 g/mol. The molecule has 1 aliphatic heterocycles. The first-order valence-corrected chi connectivity index (χ1v) is 6.98. The van der Waals surface area contributed by atoms with E-state index in [1.54, 1.807) is 0 Å². The third-order valence-electron chi connectivity index (χ3n) is 3.41. The molecule has 2 rings (SSSR count). The summed E-state index contributed by atoms with van der Waals surface area (Å²) in [5.41, 5.74) is 6.70. The van der Waals surface area contributed by atoms with E-state index in [2.05, 4.69) is 4.90 Å². The van der Waals surface area contributed by atoms with E-state index in [1.807, 2.05) is 25.1 Å². The van der Waals surface area contributed by atoms with Crippen LogP contribution in [0.4, 0.5) is 0 Å². The van der Waals surface area contributed by atoms with Crippen molar-refractivity contribution in [3.8, 4) is 5.75 Å². The third kappa shape index (κ3) is 4.08. The summed E-state index contributed by atoms with van der Waals surface area (Å²) in [6.07, 6.45) is 1.06. The summed E-state index contributed by atoms with van der Waals surface area (Å²) in [6.45, 7) is 4.78. The van der Waals surface area contributed by atoms with Crippen molar-refractivity contribution in [3.05, 3.63) is 28.8 Å². The summed E-state index contributed by atoms with van der Waals surface area (Å²) in [6, 6.07) is 5.62. The molecular weight excluding hydrogens is 264 g/mol. The molecule has 1 aliphatic rings. The van der Waals surface area contributed by atoms with Gasteiger partial charge >= 0.3 is 0 Å². The van der Waals surface area contributed by atoms with Crippen LogP contribution in [0.1, 0.15) is 12.0 Å². The minimum atomic E-state index is -0.112. The van der Waals surface area contributed by atoms with Gasteiger partial charge in [-0.05, 0) is 37.1 Å². The predicted octanol–water partition coefficient (Wildman–Crippen LogP) is 1.42. The summed E-state index contributed by atoms with van der Waals surface area (Å²) < 4.78 is 5.87. The van der Waals surface area contributed by atoms with Gasteiger partial charge in [0.2, 0.25) is 0 Å². The number of hydrogen-bond acceptors (Lipinski definition) is 4. The van der Waals surface area contributed by atoms with E-state index in [-0.39, 0.29) is 18.8 Å². The van der Waals surface area contributed by atoms with Crippen molar-refractivity contribution in [1.29, 1.82) is 0 Å². The maximum atomic E-state index is 8.85. The topological polar surface area (TPSA) is 58.7 Å². The Morgan fingerprint density at radius 1 is 1.53 bits per heavy atom. The molecular formula is C14H21ClN2O2. The molecule has 106 valence electrons. The Hall–Kier alpha value is -0.810. The maximum Gasteiger partial charge on any atom is 0.124 e. The highest BCUT2D eigenvalue weighted by Crippen LogP contribution is 2.23. The summed E-state index contributed by atoms with van der Waals surface area (Å²) in [4.78, 5) is 2.28. The minimum Gasteiger partial charge on any atom is -0.488 e. The summed E-state index contributed by atoms with van der Waals surface area (Å²) >= 11 is 5.98. The number of aryl methyl sites for hydroxylation is 1. The molecule has 1 saturated heterocycles. The van der Waals surface area contributed by atoms with Crippen molar-refractivity contribution in [2.75, 3.05) is 26.2 Å². The van der Waals surface area contributed by atoms with Gasteiger partial charge in [-0.15, -0.1) is 0 Å². The smallest absolute Gasteiger partial charge is 0.124 e. The molecule has 1 heterocycles. The van der Waals surface area contributed by atoms with E-state index in [0.717, 1.165) is 42.4 Å². The lowest BCUT2D eigenvalue weighted by atomic mass is 10.1. The lowest BCUT2D eigenvalue weighted by Gasteiger charge is -2.39. The number of aliphatic hydroxyl groups excluding tert-OH is 1. The Bertz CT molecular complexity index is 422. The first-order chi connectivity index (χ1) is 9.08. The number of halogens is 1. The zero-order valence-corrected chi connectivity index (χ0v) is 11.9. The van der Waals surface area contributed by atoms with Gasteiger partial charge in [-0.25, -0.2) is 0 Å². The van der Waals surface area contributed by atoms with E-state index in [0.29, 0.717) is 0 Å². The number of aliphatic hydroxyl groups is 1. The molecule has 0 spiro atoms. The number of ether oxygens (including phenoxy) is 1. The minimum absolute atomic E-state index is 0.0534. The van der Waals surface area contributed by atoms with Gasteiger partial charge in [0.25, 0.3) is 0 Å². The molecule has 1 aromatic carbocycles. The van der Waals surface area contributed by atoms with E-state index in [1.165, 1.54) is 0 Å². The van der Waals surface area contributed by atoms with Crippen LogP contribution in [0, 0.1) is 6.92 Å². The van der Waals surface area contributed by atoms with Crippen LogP contribution in [0.3, 0.4) is 0 Å². The predicted molar refractivity (Wildman–Crippen MR) is 76.7 cm³/mol. The van der Waals surface area contributed by atoms with Gasteiger partial charge in [0.15, 0.2) is 0 Å². The molecule has 1 aromatic rings. The molecule has 0 radical (unpaired) electrons. The highest BCUT2D eigenvalue weighted by atomic mass is 35.5. The second-order valence-corrected chi connectivity index (χ2v) is 5.55. The van der Waals surface area contributed by atoms with E-state index < -0.39 is 0 Å². The van der Waals surface area contributed by atoms with Crippen molar-refractivity contribution >= 4 is 11.6 Å². The Morgan fingerprint density at radius 2 is 2.26 bits per heavy atom. The molecule has 1 unspecified atom stereocenters. The number of likely N-dealkylation sites (tertiary alicyclic amines) is 1. The standard InChI is InChI=1S/C14H21ClN2O2/c1-10-6-12(2-3-14(10)15)19-13-7-17(8-13)5-4-11(16)9-18/h2-3,6,11,13,18H,4-5,7-9,16H2,1H3. The van der Waals surface area contributed by atoms with Crippen LogP contribution in [-0.4, -0.2) is 48.4 Å². The summed E-state index contributed by atoms with van der Waals surface area (Å²) in [7, 11) is 0. The SMILES string of the molecule is Cc1cc(OC2CN(CCC(N)CO)C2)ccc1Cl. The number of hydrogen-bond donors (Lipinski definition) is 2. The highest BCUT2D eigenvalue weighted by Gasteiger charge is 2.28. The van der Waals surface area contributed by atoms with Crippen molar-refractivity contribution < 1.29 is 9.84 Å². The second kappa shape index (κ2) is 6.57. The van der Waals surface area contributed by atoms with Crippen molar-refractivity contribution in [1.82, 2.24) is 4.90 Å². The Kier molecular flexibility index (Phi) is 5.05. The normalized spacial score (nSPS) is 18.1. The zero-order chi connectivity index (χ0) is 13.8. The fraction of sp³-hybridized carbons (Fsp3) is 0.571. The van der Waals surface area contributed by atoms with Gasteiger partial charge < -0.3 is 15.6 Å². The van der Waals surface area contributed by atoms with E-state index in [9.17, 15) is 0 Å². The van der Waals surface area contributed by atoms with E-state index in [4.69, 9.17) is 27.2 Å². The van der Waals surface area contributed by atoms with Gasteiger partial charge in [0.05, 0.1) is 6.61 Å². The lowest BCUT2D eigenvalue weighted by molar-refractivity contribution is 0.0174. The average Bonchev–Trinajstić information content (AvgIpc) is 2.35. The first kappa shape index (κ1) is 14.6. The van der Waals surface area contributed by atoms with Gasteiger partial charge in [0, 0.05) is 30.7 Å². The molecule has 0 amide bonds. The fourth-order valence-corrected chi connectivity index (χ4v) is 2.22. The van der Waals surface area contributed by atoms with Gasteiger partial charge in [0.1, 0.15) is 11.9 Å². The van der Waals surface area contributed by atoms with Crippen LogP contribution >= 0.6 is 11.6 Å². The Balaban J connectivity index is 1.71. The summed E-state index contributed by atoms with van der Waals surface area (Å²) in [5, 5.41) is 9.62. The van der Waals surface area contributed by atoms with Crippen molar-refractivity contribution in [2.45, 2.75) is 25.5 Å². The van der Waals surface area contributed by atoms with Crippen LogP contribution in [0.15, 0.2) is 18.2 Å². The molecule has 1 fully saturated rings. The summed E-state index contributed by atoms with van der Waals surface area (Å²) in [5.74, 6) is 0.874. The molecule has 19 heavy (non-hydrogen) atoms. The van der Waals surface area contributed by atoms with Gasteiger partial charge in [-0.2, -0.15) is 0 Å². The molecule has 4 nitrogen and oxygen atoms in total. The van der Waals surface area contributed by atoms with Crippen molar-refractivity contribution in [3.63, 3.8) is 0 Å². The van der Waals surface area contributed by atoms with Crippen LogP contribution in [0.5, 0.6) is 5.75 Å². The number of nitrogens with zero attached hydrogens (tertiary/aromatic N) is 1. The Labute approximate surface area is 119 Å². The first-order valence-electron chi connectivity index (χ1n) is 6.60. The fourth-order valence-electron chi connectivity index (χ4n) is 2.10. The monoisotopic (exact) mass is 284 g/mol. The molecule has 3 N–H and O–H groups in total. The van der Waals surface area contributed by atoms with Gasteiger partial charge in [-0.1, -0.05) is 11.6 Å². The molecule has 0 saturated carbocycles. The van der Waals surface area contributed by atoms with Crippen LogP contribution in [-0.2, 0) is 0 Å². The number of benzene rings is 1. The maximum absolute atomic E-state index is 8.85. The van der Waals surface area contributed by atoms with E-state index >= 15 is 0 Å². The van der Waals surface area contributed by atoms with Crippen molar-refractivity contribution in [2.24, 2.45) is 5.73 Å². The Morgan fingerprint density at radius 3 is 2.89 bits per heavy atom. The molecule has 0 aromatic heterocycles. The molecule has 5 heteroatoms. The quantitative estimate of drug-likeness (QED) is 0.829. The van der Waals surface area contributed by atoms with Gasteiger partial charge in [-0.3, -0.25) is 4.90 Å². The third-order valence-corrected chi connectivity index (χ3v) is 3.83. The molecule has 1 atom stereocenters. The number of nitrogens with two attached hydrogens (primary N) is 1. The molecule has 0 aliphatic carbocycles. The largest absolute Gasteiger partial charge is 0.488 e. The van der Waals surface area contributed by atoms with Crippen LogP contribution in [0.2, 0.25) is 5.02 Å². The molecule has 0 bridgehead atoms. The second-order valence-electron chi connectivity index (χ2n) is 5.14. The zero-order valence-electron chi connectivity index (χ0n) is 11.2. The lowest BCUT2D eigenvalue weighted by Crippen LogP contribution is -2.54. The highest BCUT2D eigenvalue weighted by molar-refractivity contribution is 6.31. The van der Waals surface area contributed by atoms with Crippen LogP contribution < -0.4 is 10.5 Å². The number of rotatable bonds is 6. The van der Waals surface area contributed by atoms with Crippen LogP contribution in [0.25, 0.3) is 0 Å².